The van der Waals surface area contributed by atoms with E-state index in [0.717, 1.165) is 28.6 Å². The van der Waals surface area contributed by atoms with Crippen LogP contribution in [0.1, 0.15) is 28.4 Å². The molecule has 8 nitrogen and oxygen atoms in total. The Bertz CT molecular complexity index is 1440. The van der Waals surface area contributed by atoms with Crippen LogP contribution in [-0.2, 0) is 26.8 Å². The van der Waals surface area contributed by atoms with E-state index in [-0.39, 0.29) is 17.7 Å². The summed E-state index contributed by atoms with van der Waals surface area (Å²) in [4.78, 5) is 14.6. The van der Waals surface area contributed by atoms with Crippen LogP contribution in [0.25, 0.3) is 22.6 Å². The van der Waals surface area contributed by atoms with Crippen LogP contribution in [0, 0.1) is 0 Å². The molecule has 0 spiro atoms. The number of alkyl halides is 3. The summed E-state index contributed by atoms with van der Waals surface area (Å²) in [5.74, 6) is 0.146. The molecule has 0 radical (unpaired) electrons. The highest BCUT2D eigenvalue weighted by Gasteiger charge is 2.39. The highest BCUT2D eigenvalue weighted by Crippen LogP contribution is 2.40. The third kappa shape index (κ3) is 3.82. The van der Waals surface area contributed by atoms with Crippen molar-refractivity contribution < 1.29 is 18.0 Å². The molecule has 3 heterocycles. The number of carbonyl (C=O) groups is 1. The molecule has 2 aromatic carbocycles. The van der Waals surface area contributed by atoms with Crippen LogP contribution in [0.5, 0.6) is 0 Å². The Hall–Kier alpha value is -4.15. The van der Waals surface area contributed by atoms with Gasteiger partial charge >= 0.3 is 6.18 Å². The molecule has 11 heteroatoms. The van der Waals surface area contributed by atoms with Crippen molar-refractivity contribution in [1.29, 1.82) is 0 Å². The van der Waals surface area contributed by atoms with Crippen LogP contribution in [0.3, 0.4) is 0 Å². The van der Waals surface area contributed by atoms with Gasteiger partial charge in [-0.3, -0.25) is 9.48 Å². The van der Waals surface area contributed by atoms with Gasteiger partial charge in [0.15, 0.2) is 5.82 Å². The van der Waals surface area contributed by atoms with Crippen molar-refractivity contribution in [3.05, 3.63) is 65.6 Å². The number of fused-ring (bicyclic) bond motifs is 1. The molecule has 5 rings (SSSR count). The Morgan fingerprint density at radius 2 is 1.91 bits per heavy atom. The van der Waals surface area contributed by atoms with Gasteiger partial charge in [-0.05, 0) is 42.8 Å². The summed E-state index contributed by atoms with van der Waals surface area (Å²) in [5, 5.41) is 15.8. The number of nitrogens with zero attached hydrogens (tertiary/aromatic N) is 6. The summed E-state index contributed by atoms with van der Waals surface area (Å²) in [5.41, 5.74) is 2.69. The molecular weight excluding hydrogens is 459 g/mol. The molecule has 1 N–H and O–H groups in total. The maximum atomic E-state index is 13.6. The fourth-order valence-electron chi connectivity index (χ4n) is 4.49. The molecule has 1 aliphatic rings. The first-order valence-electron chi connectivity index (χ1n) is 11.0. The Kier molecular flexibility index (Phi) is 5.34. The lowest BCUT2D eigenvalue weighted by Crippen LogP contribution is -2.23. The highest BCUT2D eigenvalue weighted by molar-refractivity contribution is 6.10. The zero-order valence-corrected chi connectivity index (χ0v) is 19.3. The van der Waals surface area contributed by atoms with E-state index >= 15 is 0 Å². The molecule has 0 bridgehead atoms. The lowest BCUT2D eigenvalue weighted by Gasteiger charge is -2.20. The summed E-state index contributed by atoms with van der Waals surface area (Å²) in [6.07, 6.45) is -1.27. The van der Waals surface area contributed by atoms with Gasteiger partial charge in [0, 0.05) is 43.1 Å². The molecular formula is C24H22F3N7O. The molecule has 4 aromatic rings. The number of amides is 1. The topological polar surface area (TPSA) is 80.9 Å². The first kappa shape index (κ1) is 22.6. The van der Waals surface area contributed by atoms with Gasteiger partial charge in [-0.25, -0.2) is 0 Å². The fourth-order valence-corrected chi connectivity index (χ4v) is 4.49. The molecule has 0 aliphatic carbocycles. The van der Waals surface area contributed by atoms with E-state index in [1.807, 2.05) is 20.0 Å². The average Bonchev–Trinajstić information content (AvgIpc) is 3.50. The second kappa shape index (κ2) is 8.26. The van der Waals surface area contributed by atoms with Gasteiger partial charge in [-0.2, -0.15) is 18.3 Å². The number of anilines is 2. The van der Waals surface area contributed by atoms with Crippen molar-refractivity contribution in [3.63, 3.8) is 0 Å². The molecule has 0 saturated carbocycles. The average molecular weight is 481 g/mol. The van der Waals surface area contributed by atoms with Gasteiger partial charge in [0.2, 0.25) is 0 Å². The third-order valence-corrected chi connectivity index (χ3v) is 6.05. The maximum Gasteiger partial charge on any atom is 0.416 e. The number of aryl methyl sites for hydroxylation is 2. The minimum Gasteiger partial charge on any atom is -0.385 e. The van der Waals surface area contributed by atoms with Crippen LogP contribution in [0.15, 0.2) is 48.9 Å². The first-order valence-corrected chi connectivity index (χ1v) is 11.0. The largest absolute Gasteiger partial charge is 0.416 e. The van der Waals surface area contributed by atoms with Crippen LogP contribution in [0.4, 0.5) is 24.5 Å². The van der Waals surface area contributed by atoms with Crippen LogP contribution in [0.2, 0.25) is 0 Å². The van der Waals surface area contributed by atoms with Gasteiger partial charge in [-0.1, -0.05) is 6.07 Å². The number of benzene rings is 2. The van der Waals surface area contributed by atoms with E-state index in [1.165, 1.54) is 17.0 Å². The minimum absolute atomic E-state index is 0.0132. The van der Waals surface area contributed by atoms with Crippen molar-refractivity contribution in [1.82, 2.24) is 24.5 Å². The van der Waals surface area contributed by atoms with E-state index in [4.69, 9.17) is 0 Å². The molecule has 2 aromatic heterocycles. The SMILES string of the molecule is CCNc1cc(-c2c(-c3nncn3C)cnn2C)cc(N2Cc3c(cccc3C(F)(F)F)C2=O)c1. The lowest BCUT2D eigenvalue weighted by molar-refractivity contribution is -0.138. The molecule has 35 heavy (non-hydrogen) atoms. The molecule has 0 atom stereocenters. The predicted octanol–water partition coefficient (Wildman–Crippen LogP) is 4.49. The molecule has 180 valence electrons. The van der Waals surface area contributed by atoms with E-state index in [1.54, 1.807) is 41.0 Å². The van der Waals surface area contributed by atoms with Crippen LogP contribution < -0.4 is 10.2 Å². The monoisotopic (exact) mass is 481 g/mol. The smallest absolute Gasteiger partial charge is 0.385 e. The zero-order chi connectivity index (χ0) is 24.9. The molecule has 1 aliphatic heterocycles. The molecule has 0 fully saturated rings. The van der Waals surface area contributed by atoms with E-state index in [9.17, 15) is 18.0 Å². The maximum absolute atomic E-state index is 13.6. The van der Waals surface area contributed by atoms with Crippen molar-refractivity contribution in [2.24, 2.45) is 14.1 Å². The Morgan fingerprint density at radius 3 is 2.60 bits per heavy atom. The lowest BCUT2D eigenvalue weighted by atomic mass is 10.0. The second-order valence-electron chi connectivity index (χ2n) is 8.32. The summed E-state index contributed by atoms with van der Waals surface area (Å²) in [7, 11) is 3.62. The summed E-state index contributed by atoms with van der Waals surface area (Å²) < 4.78 is 44.3. The number of halogens is 3. The number of hydrogen-bond donors (Lipinski definition) is 1. The summed E-state index contributed by atoms with van der Waals surface area (Å²) in [6.45, 7) is 2.39. The van der Waals surface area contributed by atoms with Crippen molar-refractivity contribution >= 4 is 17.3 Å². The van der Waals surface area contributed by atoms with Crippen LogP contribution in [-0.4, -0.2) is 37.0 Å². The van der Waals surface area contributed by atoms with Gasteiger partial charge < -0.3 is 14.8 Å². The molecule has 0 unspecified atom stereocenters. The van der Waals surface area contributed by atoms with Gasteiger partial charge in [-0.15, -0.1) is 10.2 Å². The summed E-state index contributed by atoms with van der Waals surface area (Å²) >= 11 is 0. The summed E-state index contributed by atoms with van der Waals surface area (Å²) in [6, 6.07) is 9.19. The van der Waals surface area contributed by atoms with Crippen molar-refractivity contribution in [2.45, 2.75) is 19.6 Å². The number of aromatic nitrogens is 5. The third-order valence-electron chi connectivity index (χ3n) is 6.05. The van der Waals surface area contributed by atoms with Crippen molar-refractivity contribution in [2.75, 3.05) is 16.8 Å². The predicted molar refractivity (Wildman–Crippen MR) is 125 cm³/mol. The first-order chi connectivity index (χ1) is 16.7. The van der Waals surface area contributed by atoms with E-state index in [2.05, 4.69) is 20.6 Å². The highest BCUT2D eigenvalue weighted by atomic mass is 19.4. The molecule has 1 amide bonds. The second-order valence-corrected chi connectivity index (χ2v) is 8.32. The number of nitrogens with one attached hydrogen (secondary N) is 1. The Labute approximate surface area is 199 Å². The van der Waals surface area contributed by atoms with Crippen molar-refractivity contribution in [3.8, 4) is 22.6 Å². The Balaban J connectivity index is 1.63. The normalized spacial score (nSPS) is 13.4. The van der Waals surface area contributed by atoms with E-state index in [0.29, 0.717) is 18.1 Å². The van der Waals surface area contributed by atoms with Gasteiger partial charge in [0.05, 0.1) is 29.6 Å². The fraction of sp³-hybridized carbons (Fsp3) is 0.250. The van der Waals surface area contributed by atoms with Crippen LogP contribution >= 0.6 is 0 Å². The quantitative estimate of drug-likeness (QED) is 0.454. The minimum atomic E-state index is -4.54. The van der Waals surface area contributed by atoms with E-state index < -0.39 is 17.6 Å². The number of carbonyl (C=O) groups excluding carboxylic acids is 1. The standard InChI is InChI=1S/C24H22F3N7O/c1-4-28-15-8-14(21-18(11-30-33(21)3)22-31-29-13-32(22)2)9-16(10-15)34-12-19-17(23(34)35)6-5-7-20(19)24(25,26)27/h5-11,13,28H,4,12H2,1-3H3. The Morgan fingerprint density at radius 1 is 1.11 bits per heavy atom. The van der Waals surface area contributed by atoms with Gasteiger partial charge in [0.1, 0.15) is 6.33 Å². The number of hydrogen-bond acceptors (Lipinski definition) is 5. The number of rotatable bonds is 5. The zero-order valence-electron chi connectivity index (χ0n) is 19.3. The molecule has 0 saturated heterocycles. The van der Waals surface area contributed by atoms with Gasteiger partial charge in [0.25, 0.3) is 5.91 Å².